The quantitative estimate of drug-likeness (QED) is 0.594. The minimum Gasteiger partial charge on any atom is -0.352 e. The highest BCUT2D eigenvalue weighted by atomic mass is 16.2. The van der Waals surface area contributed by atoms with Crippen molar-refractivity contribution in [2.45, 2.75) is 39.0 Å². The van der Waals surface area contributed by atoms with Gasteiger partial charge in [0.2, 0.25) is 0 Å². The van der Waals surface area contributed by atoms with E-state index in [-0.39, 0.29) is 12.6 Å². The number of amides is 2. The van der Waals surface area contributed by atoms with Gasteiger partial charge < -0.3 is 15.5 Å². The van der Waals surface area contributed by atoms with Crippen molar-refractivity contribution in [3.8, 4) is 0 Å². The molecule has 1 aliphatic heterocycles. The van der Waals surface area contributed by atoms with Crippen LogP contribution in [0.2, 0.25) is 0 Å². The van der Waals surface area contributed by atoms with Crippen molar-refractivity contribution < 1.29 is 9.59 Å². The van der Waals surface area contributed by atoms with Gasteiger partial charge in [-0.15, -0.1) is 0 Å². The van der Waals surface area contributed by atoms with Crippen molar-refractivity contribution in [3.05, 3.63) is 77.7 Å². The second-order valence-corrected chi connectivity index (χ2v) is 7.75. The van der Waals surface area contributed by atoms with Crippen LogP contribution in [-0.4, -0.2) is 39.2 Å². The van der Waals surface area contributed by atoms with Crippen molar-refractivity contribution in [1.82, 2.24) is 25.4 Å². The van der Waals surface area contributed by atoms with Crippen molar-refractivity contribution in [3.63, 3.8) is 0 Å². The van der Waals surface area contributed by atoms with Crippen molar-refractivity contribution in [2.75, 3.05) is 11.4 Å². The van der Waals surface area contributed by atoms with E-state index in [0.29, 0.717) is 6.54 Å². The Morgan fingerprint density at radius 2 is 1.94 bits per heavy atom. The first-order valence-electron chi connectivity index (χ1n) is 10.4. The Morgan fingerprint density at radius 3 is 2.68 bits per heavy atom. The molecule has 1 aliphatic rings. The van der Waals surface area contributed by atoms with E-state index in [0.717, 1.165) is 30.9 Å². The number of pyridine rings is 1. The summed E-state index contributed by atoms with van der Waals surface area (Å²) < 4.78 is 1.71. The molecule has 31 heavy (non-hydrogen) atoms. The summed E-state index contributed by atoms with van der Waals surface area (Å²) >= 11 is 0. The Morgan fingerprint density at radius 1 is 1.10 bits per heavy atom. The summed E-state index contributed by atoms with van der Waals surface area (Å²) in [7, 11) is 0. The third-order valence-corrected chi connectivity index (χ3v) is 5.32. The second kappa shape index (κ2) is 9.42. The largest absolute Gasteiger partial charge is 0.352 e. The number of hydrogen-bond acceptors (Lipinski definition) is 5. The molecule has 3 heterocycles. The molecule has 0 radical (unpaired) electrons. The molecule has 0 bridgehead atoms. The predicted octanol–water partition coefficient (Wildman–Crippen LogP) is 1.66. The van der Waals surface area contributed by atoms with Crippen LogP contribution in [0.1, 0.15) is 23.6 Å². The minimum atomic E-state index is -0.663. The zero-order valence-electron chi connectivity index (χ0n) is 17.5. The SMILES string of the molecule is C[C@@H](Cn1cccn1)NC(=O)C(=O)NCc1ccc(N2CCc3ccccc3C2)nc1. The highest BCUT2D eigenvalue weighted by Gasteiger charge is 2.18. The van der Waals surface area contributed by atoms with Gasteiger partial charge in [0.1, 0.15) is 5.82 Å². The first-order chi connectivity index (χ1) is 15.1. The molecule has 2 N–H and O–H groups in total. The number of fused-ring (bicyclic) bond motifs is 1. The lowest BCUT2D eigenvalue weighted by atomic mass is 10.00. The predicted molar refractivity (Wildman–Crippen MR) is 117 cm³/mol. The fourth-order valence-corrected chi connectivity index (χ4v) is 3.69. The molecule has 2 amide bonds. The van der Waals surface area contributed by atoms with Crippen LogP contribution in [0.3, 0.4) is 0 Å². The topological polar surface area (TPSA) is 92.1 Å². The van der Waals surface area contributed by atoms with Gasteiger partial charge in [-0.2, -0.15) is 5.10 Å². The zero-order chi connectivity index (χ0) is 21.6. The normalized spacial score (nSPS) is 13.9. The van der Waals surface area contributed by atoms with Gasteiger partial charge in [0.15, 0.2) is 0 Å². The lowest BCUT2D eigenvalue weighted by Crippen LogP contribution is -2.44. The average Bonchev–Trinajstić information content (AvgIpc) is 3.30. The maximum Gasteiger partial charge on any atom is 0.309 e. The standard InChI is InChI=1S/C23H26N6O2/c1-17(15-29-11-4-10-26-29)27-23(31)22(30)25-14-18-7-8-21(24-13-18)28-12-9-19-5-2-3-6-20(19)16-28/h2-8,10-11,13,17H,9,12,14-16H2,1H3,(H,25,30)(H,27,31)/t17-/m0/s1. The summed E-state index contributed by atoms with van der Waals surface area (Å²) in [5, 5.41) is 9.42. The maximum atomic E-state index is 12.1. The van der Waals surface area contributed by atoms with Gasteiger partial charge in [0.25, 0.3) is 0 Å². The highest BCUT2D eigenvalue weighted by molar-refractivity contribution is 6.35. The summed E-state index contributed by atoms with van der Waals surface area (Å²) in [5.74, 6) is -0.407. The van der Waals surface area contributed by atoms with E-state index in [2.05, 4.69) is 49.9 Å². The van der Waals surface area contributed by atoms with Crippen LogP contribution >= 0.6 is 0 Å². The number of carbonyl (C=O) groups is 2. The molecule has 1 aromatic carbocycles. The zero-order valence-corrected chi connectivity index (χ0v) is 17.5. The summed E-state index contributed by atoms with van der Waals surface area (Å²) in [6.45, 7) is 4.34. The van der Waals surface area contributed by atoms with Crippen molar-refractivity contribution in [2.24, 2.45) is 0 Å². The van der Waals surface area contributed by atoms with Crippen LogP contribution in [0.4, 0.5) is 5.82 Å². The molecular weight excluding hydrogens is 392 g/mol. The lowest BCUT2D eigenvalue weighted by molar-refractivity contribution is -0.139. The molecule has 3 aromatic rings. The van der Waals surface area contributed by atoms with E-state index in [1.165, 1.54) is 11.1 Å². The molecule has 160 valence electrons. The summed E-state index contributed by atoms with van der Waals surface area (Å²) in [6.07, 6.45) is 6.23. The van der Waals surface area contributed by atoms with Crippen LogP contribution in [0.25, 0.3) is 0 Å². The molecule has 0 spiro atoms. The molecule has 8 heteroatoms. The third kappa shape index (κ3) is 5.28. The third-order valence-electron chi connectivity index (χ3n) is 5.32. The van der Waals surface area contributed by atoms with Crippen molar-refractivity contribution in [1.29, 1.82) is 0 Å². The Balaban J connectivity index is 1.25. The van der Waals surface area contributed by atoms with Crippen LogP contribution in [0.15, 0.2) is 61.1 Å². The average molecular weight is 419 g/mol. The number of nitrogens with one attached hydrogen (secondary N) is 2. The number of hydrogen-bond donors (Lipinski definition) is 2. The van der Waals surface area contributed by atoms with Gasteiger partial charge >= 0.3 is 11.8 Å². The van der Waals surface area contributed by atoms with Gasteiger partial charge in [0, 0.05) is 44.3 Å². The van der Waals surface area contributed by atoms with Gasteiger partial charge in [-0.3, -0.25) is 14.3 Å². The molecule has 0 aliphatic carbocycles. The van der Waals surface area contributed by atoms with Gasteiger partial charge in [-0.25, -0.2) is 4.98 Å². The van der Waals surface area contributed by atoms with Crippen LogP contribution < -0.4 is 15.5 Å². The monoisotopic (exact) mass is 418 g/mol. The Labute approximate surface area is 181 Å². The Hall–Kier alpha value is -3.68. The minimum absolute atomic E-state index is 0.214. The highest BCUT2D eigenvalue weighted by Crippen LogP contribution is 2.22. The molecule has 0 saturated heterocycles. The van der Waals surface area contributed by atoms with E-state index in [4.69, 9.17) is 0 Å². The second-order valence-electron chi connectivity index (χ2n) is 7.75. The summed E-state index contributed by atoms with van der Waals surface area (Å²) in [5.41, 5.74) is 3.57. The fourth-order valence-electron chi connectivity index (χ4n) is 3.69. The van der Waals surface area contributed by atoms with Crippen molar-refractivity contribution >= 4 is 17.6 Å². The number of rotatable bonds is 6. The van der Waals surface area contributed by atoms with Crippen LogP contribution in [0, 0.1) is 0 Å². The van der Waals surface area contributed by atoms with Gasteiger partial charge in [-0.05, 0) is 42.2 Å². The molecule has 1 atom stereocenters. The van der Waals surface area contributed by atoms with Gasteiger partial charge in [-0.1, -0.05) is 30.3 Å². The van der Waals surface area contributed by atoms with E-state index >= 15 is 0 Å². The number of nitrogens with zero attached hydrogens (tertiary/aromatic N) is 4. The Bertz CT molecular complexity index is 1030. The van der Waals surface area contributed by atoms with E-state index in [1.807, 2.05) is 31.3 Å². The number of anilines is 1. The first-order valence-corrected chi connectivity index (χ1v) is 10.4. The molecule has 0 saturated carbocycles. The summed E-state index contributed by atoms with van der Waals surface area (Å²) in [4.78, 5) is 31.0. The summed E-state index contributed by atoms with van der Waals surface area (Å²) in [6, 6.07) is 14.0. The number of aromatic nitrogens is 3. The lowest BCUT2D eigenvalue weighted by Gasteiger charge is -2.29. The smallest absolute Gasteiger partial charge is 0.309 e. The fraction of sp³-hybridized carbons (Fsp3) is 0.304. The maximum absolute atomic E-state index is 12.1. The van der Waals surface area contributed by atoms with E-state index in [9.17, 15) is 9.59 Å². The molecular formula is C23H26N6O2. The molecule has 0 unspecified atom stereocenters. The Kier molecular flexibility index (Phi) is 6.26. The van der Waals surface area contributed by atoms with E-state index < -0.39 is 11.8 Å². The molecule has 2 aromatic heterocycles. The molecule has 4 rings (SSSR count). The van der Waals surface area contributed by atoms with Crippen LogP contribution in [-0.2, 0) is 35.6 Å². The molecule has 0 fully saturated rings. The molecule has 8 nitrogen and oxygen atoms in total. The van der Waals surface area contributed by atoms with Gasteiger partial charge in [0.05, 0.1) is 6.54 Å². The van der Waals surface area contributed by atoms with E-state index in [1.54, 1.807) is 17.1 Å². The number of carbonyl (C=O) groups excluding carboxylic acids is 2. The first kappa shape index (κ1) is 20.6. The number of benzene rings is 1. The van der Waals surface area contributed by atoms with Crippen LogP contribution in [0.5, 0.6) is 0 Å².